The Morgan fingerprint density at radius 1 is 1.62 bits per heavy atom. The summed E-state index contributed by atoms with van der Waals surface area (Å²) in [7, 11) is 1.70. The van der Waals surface area contributed by atoms with Crippen LogP contribution in [0.2, 0.25) is 0 Å². The Bertz CT molecular complexity index is 373. The van der Waals surface area contributed by atoms with E-state index in [1.54, 1.807) is 7.11 Å². The molecule has 0 unspecified atom stereocenters. The first-order chi connectivity index (χ1) is 7.83. The number of hydrogen-bond donors (Lipinski definition) is 1. The van der Waals surface area contributed by atoms with Gasteiger partial charge in [0, 0.05) is 20.2 Å². The zero-order valence-corrected chi connectivity index (χ0v) is 9.35. The fraction of sp³-hybridized carbons (Fsp3) is 0.545. The van der Waals surface area contributed by atoms with Crippen LogP contribution in [0.5, 0.6) is 0 Å². The summed E-state index contributed by atoms with van der Waals surface area (Å²) in [6.07, 6.45) is 4.59. The lowest BCUT2D eigenvalue weighted by Crippen LogP contribution is -2.29. The van der Waals surface area contributed by atoms with Crippen molar-refractivity contribution in [1.29, 1.82) is 0 Å². The molecule has 16 heavy (non-hydrogen) atoms. The number of ether oxygens (including phenoxy) is 1. The van der Waals surface area contributed by atoms with Gasteiger partial charge in [-0.3, -0.25) is 0 Å². The van der Waals surface area contributed by atoms with Gasteiger partial charge < -0.3 is 19.2 Å². The van der Waals surface area contributed by atoms with Crippen LogP contribution < -0.4 is 4.90 Å². The molecule has 0 aliphatic carbocycles. The van der Waals surface area contributed by atoms with Gasteiger partial charge in [0.05, 0.1) is 13.2 Å². The highest BCUT2D eigenvalue weighted by Crippen LogP contribution is 2.19. The second-order valence-electron chi connectivity index (χ2n) is 3.77. The van der Waals surface area contributed by atoms with E-state index < -0.39 is 0 Å². The third-order valence-corrected chi connectivity index (χ3v) is 2.61. The maximum absolute atomic E-state index is 8.89. The number of anilines is 1. The van der Waals surface area contributed by atoms with Gasteiger partial charge in [-0.05, 0) is 12.0 Å². The molecule has 1 N–H and O–H groups in total. The summed E-state index contributed by atoms with van der Waals surface area (Å²) in [5.74, 6) is 0. The van der Waals surface area contributed by atoms with Crippen LogP contribution >= 0.6 is 0 Å². The first kappa shape index (κ1) is 11.2. The monoisotopic (exact) mass is 224 g/mol. The van der Waals surface area contributed by atoms with Crippen LogP contribution in [-0.2, 0) is 11.3 Å². The Kier molecular flexibility index (Phi) is 3.58. The summed E-state index contributed by atoms with van der Waals surface area (Å²) in [4.78, 5) is 6.21. The summed E-state index contributed by atoms with van der Waals surface area (Å²) >= 11 is 0. The van der Waals surface area contributed by atoms with E-state index in [0.29, 0.717) is 18.3 Å². The van der Waals surface area contributed by atoms with Crippen molar-refractivity contribution in [2.24, 2.45) is 0 Å². The van der Waals surface area contributed by atoms with Gasteiger partial charge in [0.1, 0.15) is 12.0 Å². The molecule has 0 spiro atoms. The molecule has 0 bridgehead atoms. The van der Waals surface area contributed by atoms with Gasteiger partial charge in [0.15, 0.2) is 0 Å². The van der Waals surface area contributed by atoms with Crippen LogP contribution in [0.15, 0.2) is 22.3 Å². The zero-order chi connectivity index (χ0) is 11.4. The number of nitrogens with zero attached hydrogens (tertiary/aromatic N) is 2. The molecule has 1 aliphatic heterocycles. The third kappa shape index (κ3) is 2.43. The molecule has 1 aliphatic rings. The van der Waals surface area contributed by atoms with Gasteiger partial charge in [-0.2, -0.15) is 4.98 Å². The lowest BCUT2D eigenvalue weighted by atomic mass is 10.1. The lowest BCUT2D eigenvalue weighted by Gasteiger charge is -2.24. The first-order valence-corrected chi connectivity index (χ1v) is 5.30. The van der Waals surface area contributed by atoms with Gasteiger partial charge >= 0.3 is 0 Å². The number of aromatic nitrogens is 1. The molecule has 2 rings (SSSR count). The number of oxazole rings is 1. The molecule has 0 atom stereocenters. The minimum absolute atomic E-state index is 0.0812. The van der Waals surface area contributed by atoms with Crippen LogP contribution in [0.1, 0.15) is 12.1 Å². The SMILES string of the molecule is COCC1=CCN(c2nc(CO)co2)CC1. The molecule has 5 heteroatoms. The van der Waals surface area contributed by atoms with Crippen molar-refractivity contribution >= 4 is 6.01 Å². The van der Waals surface area contributed by atoms with E-state index >= 15 is 0 Å². The highest BCUT2D eigenvalue weighted by atomic mass is 16.5. The van der Waals surface area contributed by atoms with Crippen LogP contribution in [0, 0.1) is 0 Å². The predicted molar refractivity (Wildman–Crippen MR) is 59.2 cm³/mol. The Hall–Kier alpha value is -1.33. The van der Waals surface area contributed by atoms with Crippen molar-refractivity contribution in [3.8, 4) is 0 Å². The molecule has 0 aromatic carbocycles. The van der Waals surface area contributed by atoms with Crippen molar-refractivity contribution in [2.45, 2.75) is 13.0 Å². The average Bonchev–Trinajstić information content (AvgIpc) is 2.79. The Morgan fingerprint density at radius 3 is 3.06 bits per heavy atom. The summed E-state index contributed by atoms with van der Waals surface area (Å²) in [5, 5.41) is 8.89. The molecule has 5 nitrogen and oxygen atoms in total. The normalized spacial score (nSPS) is 16.4. The van der Waals surface area contributed by atoms with E-state index in [4.69, 9.17) is 14.3 Å². The molecule has 0 radical (unpaired) electrons. The highest BCUT2D eigenvalue weighted by molar-refractivity contribution is 5.32. The number of aliphatic hydroxyl groups excluding tert-OH is 1. The fourth-order valence-electron chi connectivity index (χ4n) is 1.72. The fourth-order valence-corrected chi connectivity index (χ4v) is 1.72. The molecule has 1 aromatic rings. The van der Waals surface area contributed by atoms with Crippen molar-refractivity contribution < 1.29 is 14.3 Å². The molecule has 2 heterocycles. The second-order valence-corrected chi connectivity index (χ2v) is 3.77. The third-order valence-electron chi connectivity index (χ3n) is 2.61. The summed E-state index contributed by atoms with van der Waals surface area (Å²) in [6, 6.07) is 0.580. The minimum Gasteiger partial charge on any atom is -0.432 e. The van der Waals surface area contributed by atoms with Gasteiger partial charge in [-0.15, -0.1) is 0 Å². The van der Waals surface area contributed by atoms with Crippen molar-refractivity contribution in [3.63, 3.8) is 0 Å². The molecule has 1 aromatic heterocycles. The molecular weight excluding hydrogens is 208 g/mol. The highest BCUT2D eigenvalue weighted by Gasteiger charge is 2.16. The van der Waals surface area contributed by atoms with Crippen molar-refractivity contribution in [1.82, 2.24) is 4.98 Å². The molecule has 0 saturated heterocycles. The molecule has 0 fully saturated rings. The van der Waals surface area contributed by atoms with E-state index in [9.17, 15) is 0 Å². The maximum atomic E-state index is 8.89. The minimum atomic E-state index is -0.0812. The molecule has 0 saturated carbocycles. The van der Waals surface area contributed by atoms with Gasteiger partial charge in [0.25, 0.3) is 6.01 Å². The summed E-state index contributed by atoms with van der Waals surface area (Å²) < 4.78 is 10.4. The van der Waals surface area contributed by atoms with Crippen LogP contribution in [0.25, 0.3) is 0 Å². The first-order valence-electron chi connectivity index (χ1n) is 5.30. The standard InChI is InChI=1S/C11H16N2O3/c1-15-7-9-2-4-13(5-3-9)11-12-10(6-14)8-16-11/h2,8,14H,3-7H2,1H3. The van der Waals surface area contributed by atoms with E-state index in [2.05, 4.69) is 11.1 Å². The summed E-state index contributed by atoms with van der Waals surface area (Å²) in [5.41, 5.74) is 1.88. The topological polar surface area (TPSA) is 58.7 Å². The van der Waals surface area contributed by atoms with Gasteiger partial charge in [0.2, 0.25) is 0 Å². The molecular formula is C11H16N2O3. The molecule has 88 valence electrons. The smallest absolute Gasteiger partial charge is 0.297 e. The van der Waals surface area contributed by atoms with E-state index in [0.717, 1.165) is 19.5 Å². The Balaban J connectivity index is 1.98. The van der Waals surface area contributed by atoms with Gasteiger partial charge in [-0.1, -0.05) is 6.08 Å². The summed E-state index contributed by atoms with van der Waals surface area (Å²) in [6.45, 7) is 2.27. The van der Waals surface area contributed by atoms with Crippen LogP contribution in [0.4, 0.5) is 6.01 Å². The van der Waals surface area contributed by atoms with E-state index in [1.807, 2.05) is 4.90 Å². The Morgan fingerprint density at radius 2 is 2.50 bits per heavy atom. The zero-order valence-electron chi connectivity index (χ0n) is 9.35. The van der Waals surface area contributed by atoms with Crippen LogP contribution in [0.3, 0.4) is 0 Å². The van der Waals surface area contributed by atoms with Gasteiger partial charge in [-0.25, -0.2) is 0 Å². The largest absolute Gasteiger partial charge is 0.432 e. The Labute approximate surface area is 94.3 Å². The lowest BCUT2D eigenvalue weighted by molar-refractivity contribution is 0.222. The van der Waals surface area contributed by atoms with Crippen molar-refractivity contribution in [2.75, 3.05) is 31.7 Å². The number of hydrogen-bond acceptors (Lipinski definition) is 5. The molecule has 0 amide bonds. The number of rotatable bonds is 4. The van der Waals surface area contributed by atoms with Crippen molar-refractivity contribution in [3.05, 3.63) is 23.6 Å². The van der Waals surface area contributed by atoms with E-state index in [-0.39, 0.29) is 6.61 Å². The van der Waals surface area contributed by atoms with E-state index in [1.165, 1.54) is 11.8 Å². The maximum Gasteiger partial charge on any atom is 0.297 e. The number of aliphatic hydroxyl groups is 1. The number of methoxy groups -OCH3 is 1. The average molecular weight is 224 g/mol. The second kappa shape index (κ2) is 5.14. The van der Waals surface area contributed by atoms with Crippen LogP contribution in [-0.4, -0.2) is 36.9 Å². The predicted octanol–water partition coefficient (Wildman–Crippen LogP) is 0.950. The quantitative estimate of drug-likeness (QED) is 0.772.